The zero-order valence-corrected chi connectivity index (χ0v) is 10.4. The van der Waals surface area contributed by atoms with Crippen LogP contribution in [0.1, 0.15) is 27.7 Å². The van der Waals surface area contributed by atoms with Gasteiger partial charge in [-0.3, -0.25) is 0 Å². The molecule has 0 bridgehead atoms. The van der Waals surface area contributed by atoms with Crippen LogP contribution >= 0.6 is 11.3 Å². The molecular weight excluding hydrogens is 210 g/mol. The van der Waals surface area contributed by atoms with E-state index < -0.39 is 5.60 Å². The van der Waals surface area contributed by atoms with Crippen molar-refractivity contribution in [2.24, 2.45) is 0 Å². The fourth-order valence-corrected chi connectivity index (χ4v) is 1.64. The molecule has 0 aromatic carbocycles. The quantitative estimate of drug-likeness (QED) is 0.807. The Morgan fingerprint density at radius 3 is 2.67 bits per heavy atom. The highest BCUT2D eigenvalue weighted by Crippen LogP contribution is 2.15. The molecule has 1 rings (SSSR count). The molecule has 4 heteroatoms. The summed E-state index contributed by atoms with van der Waals surface area (Å²) in [5.41, 5.74) is 0.528. The molecule has 1 atom stereocenters. The molecule has 1 aromatic rings. The van der Waals surface area contributed by atoms with Gasteiger partial charge in [-0.1, -0.05) is 0 Å². The van der Waals surface area contributed by atoms with E-state index in [-0.39, 0.29) is 12.0 Å². The molecule has 15 heavy (non-hydrogen) atoms. The van der Waals surface area contributed by atoms with Crippen LogP contribution in [0, 0.1) is 0 Å². The van der Waals surface area contributed by atoms with Crippen LogP contribution in [0.2, 0.25) is 0 Å². The third-order valence-electron chi connectivity index (χ3n) is 1.66. The lowest BCUT2D eigenvalue weighted by molar-refractivity contribution is -0.155. The first-order valence-electron chi connectivity index (χ1n) is 4.90. The maximum Gasteiger partial charge on any atom is 0.328 e. The summed E-state index contributed by atoms with van der Waals surface area (Å²) in [4.78, 5) is 11.6. The van der Waals surface area contributed by atoms with Crippen LogP contribution in [0.25, 0.3) is 0 Å². The largest absolute Gasteiger partial charge is 0.458 e. The number of nitrogens with one attached hydrogen (secondary N) is 1. The summed E-state index contributed by atoms with van der Waals surface area (Å²) in [5.74, 6) is -0.228. The molecule has 1 heterocycles. The predicted molar refractivity (Wildman–Crippen MR) is 63.2 cm³/mol. The molecule has 0 aliphatic rings. The first-order valence-corrected chi connectivity index (χ1v) is 5.84. The summed E-state index contributed by atoms with van der Waals surface area (Å²) >= 11 is 1.59. The second-order valence-electron chi connectivity index (χ2n) is 4.41. The summed E-state index contributed by atoms with van der Waals surface area (Å²) in [6.07, 6.45) is 0. The van der Waals surface area contributed by atoms with Gasteiger partial charge >= 0.3 is 5.97 Å². The van der Waals surface area contributed by atoms with Gasteiger partial charge in [-0.25, -0.2) is 4.79 Å². The number of hydrogen-bond acceptors (Lipinski definition) is 4. The summed E-state index contributed by atoms with van der Waals surface area (Å²) in [6.45, 7) is 7.39. The first kappa shape index (κ1) is 12.0. The van der Waals surface area contributed by atoms with E-state index in [1.807, 2.05) is 37.6 Å². The van der Waals surface area contributed by atoms with E-state index in [0.29, 0.717) is 0 Å². The standard InChI is InChI=1S/C11H17NO2S/c1-8(10(13)14-11(2,3)4)12-9-5-6-15-7-9/h5-8,12H,1-4H3. The van der Waals surface area contributed by atoms with Gasteiger partial charge in [0.25, 0.3) is 0 Å². The van der Waals surface area contributed by atoms with E-state index in [0.717, 1.165) is 5.69 Å². The fourth-order valence-electron chi connectivity index (χ4n) is 1.05. The average Bonchev–Trinajstić information content (AvgIpc) is 2.53. The lowest BCUT2D eigenvalue weighted by atomic mass is 10.2. The van der Waals surface area contributed by atoms with Gasteiger partial charge in [0, 0.05) is 11.1 Å². The SMILES string of the molecule is CC(Nc1ccsc1)C(=O)OC(C)(C)C. The Balaban J connectivity index is 2.47. The molecule has 0 fully saturated rings. The van der Waals surface area contributed by atoms with Crippen molar-refractivity contribution in [3.05, 3.63) is 16.8 Å². The Morgan fingerprint density at radius 2 is 2.20 bits per heavy atom. The number of thiophene rings is 1. The second kappa shape index (κ2) is 4.66. The van der Waals surface area contributed by atoms with E-state index in [1.54, 1.807) is 18.3 Å². The van der Waals surface area contributed by atoms with Crippen molar-refractivity contribution < 1.29 is 9.53 Å². The molecule has 0 aliphatic carbocycles. The lowest BCUT2D eigenvalue weighted by Gasteiger charge is -2.22. The molecule has 0 saturated carbocycles. The van der Waals surface area contributed by atoms with E-state index in [2.05, 4.69) is 5.32 Å². The fraction of sp³-hybridized carbons (Fsp3) is 0.545. The highest BCUT2D eigenvalue weighted by Gasteiger charge is 2.21. The summed E-state index contributed by atoms with van der Waals surface area (Å²) in [7, 11) is 0. The molecule has 0 saturated heterocycles. The summed E-state index contributed by atoms with van der Waals surface area (Å²) in [5, 5.41) is 7.00. The van der Waals surface area contributed by atoms with E-state index in [9.17, 15) is 4.79 Å². The van der Waals surface area contributed by atoms with Crippen molar-refractivity contribution in [3.8, 4) is 0 Å². The van der Waals surface area contributed by atoms with Crippen molar-refractivity contribution in [1.29, 1.82) is 0 Å². The van der Waals surface area contributed by atoms with Gasteiger partial charge in [-0.15, -0.1) is 0 Å². The van der Waals surface area contributed by atoms with Crippen molar-refractivity contribution in [3.63, 3.8) is 0 Å². The highest BCUT2D eigenvalue weighted by atomic mass is 32.1. The van der Waals surface area contributed by atoms with Crippen LogP contribution in [0.3, 0.4) is 0 Å². The van der Waals surface area contributed by atoms with E-state index in [1.165, 1.54) is 0 Å². The predicted octanol–water partition coefficient (Wildman–Crippen LogP) is 2.89. The van der Waals surface area contributed by atoms with Crippen LogP contribution in [-0.4, -0.2) is 17.6 Å². The number of hydrogen-bond donors (Lipinski definition) is 1. The number of carbonyl (C=O) groups excluding carboxylic acids is 1. The zero-order chi connectivity index (χ0) is 11.5. The Hall–Kier alpha value is -1.03. The molecule has 3 nitrogen and oxygen atoms in total. The number of anilines is 1. The number of carbonyl (C=O) groups is 1. The topological polar surface area (TPSA) is 38.3 Å². The molecule has 1 aromatic heterocycles. The van der Waals surface area contributed by atoms with Gasteiger partial charge in [-0.2, -0.15) is 11.3 Å². The van der Waals surface area contributed by atoms with Crippen molar-refractivity contribution in [1.82, 2.24) is 0 Å². The van der Waals surface area contributed by atoms with Gasteiger partial charge in [0.15, 0.2) is 0 Å². The van der Waals surface area contributed by atoms with Gasteiger partial charge < -0.3 is 10.1 Å². The zero-order valence-electron chi connectivity index (χ0n) is 9.53. The average molecular weight is 227 g/mol. The van der Waals surface area contributed by atoms with Crippen molar-refractivity contribution in [2.75, 3.05) is 5.32 Å². The molecule has 0 aliphatic heterocycles. The molecule has 1 unspecified atom stereocenters. The Bertz CT molecular complexity index is 314. The molecule has 84 valence electrons. The van der Waals surface area contributed by atoms with Crippen molar-refractivity contribution >= 4 is 23.0 Å². The maximum atomic E-state index is 11.6. The Morgan fingerprint density at radius 1 is 1.53 bits per heavy atom. The minimum atomic E-state index is -0.429. The lowest BCUT2D eigenvalue weighted by Crippen LogP contribution is -2.34. The van der Waals surface area contributed by atoms with Crippen LogP contribution in [0.5, 0.6) is 0 Å². The van der Waals surface area contributed by atoms with Crippen LogP contribution < -0.4 is 5.32 Å². The Kier molecular flexibility index (Phi) is 3.74. The minimum Gasteiger partial charge on any atom is -0.458 e. The minimum absolute atomic E-state index is 0.228. The first-order chi connectivity index (χ1) is 6.88. The normalized spacial score (nSPS) is 13.3. The molecular formula is C11H17NO2S. The van der Waals surface area contributed by atoms with Crippen LogP contribution in [0.15, 0.2) is 16.8 Å². The smallest absolute Gasteiger partial charge is 0.328 e. The molecule has 0 spiro atoms. The molecule has 1 N–H and O–H groups in total. The number of esters is 1. The number of rotatable bonds is 3. The monoisotopic (exact) mass is 227 g/mol. The van der Waals surface area contributed by atoms with E-state index >= 15 is 0 Å². The number of ether oxygens (including phenoxy) is 1. The Labute approximate surface area is 94.5 Å². The summed E-state index contributed by atoms with van der Waals surface area (Å²) < 4.78 is 5.25. The van der Waals surface area contributed by atoms with Crippen LogP contribution in [-0.2, 0) is 9.53 Å². The van der Waals surface area contributed by atoms with Gasteiger partial charge in [0.2, 0.25) is 0 Å². The van der Waals surface area contributed by atoms with Gasteiger partial charge in [-0.05, 0) is 39.1 Å². The van der Waals surface area contributed by atoms with Gasteiger partial charge in [0.1, 0.15) is 11.6 Å². The summed E-state index contributed by atoms with van der Waals surface area (Å²) in [6, 6.07) is 1.62. The van der Waals surface area contributed by atoms with Gasteiger partial charge in [0.05, 0.1) is 0 Å². The maximum absolute atomic E-state index is 11.6. The van der Waals surface area contributed by atoms with Crippen LogP contribution in [0.4, 0.5) is 5.69 Å². The third kappa shape index (κ3) is 4.34. The van der Waals surface area contributed by atoms with E-state index in [4.69, 9.17) is 4.74 Å². The second-order valence-corrected chi connectivity index (χ2v) is 5.19. The van der Waals surface area contributed by atoms with Crippen molar-refractivity contribution in [2.45, 2.75) is 39.3 Å². The molecule has 0 radical (unpaired) electrons. The third-order valence-corrected chi connectivity index (χ3v) is 2.35. The highest BCUT2D eigenvalue weighted by molar-refractivity contribution is 7.08. The molecule has 0 amide bonds.